The van der Waals surface area contributed by atoms with Gasteiger partial charge in [0, 0.05) is 70.5 Å². The minimum Gasteiger partial charge on any atom is -0.508 e. The number of aromatic hydroxyl groups is 2. The van der Waals surface area contributed by atoms with E-state index in [9.17, 15) is 33.0 Å². The highest BCUT2D eigenvalue weighted by Crippen LogP contribution is 2.36. The smallest absolute Gasteiger partial charge is 0.405 e. The molecule has 47 heavy (non-hydrogen) atoms. The van der Waals surface area contributed by atoms with Crippen LogP contribution < -0.4 is 5.32 Å². The second-order valence-electron chi connectivity index (χ2n) is 12.3. The van der Waals surface area contributed by atoms with E-state index in [-0.39, 0.29) is 34.6 Å². The molecular formula is C33H42F3N7O4. The Balaban J connectivity index is 1.27. The number of benzene rings is 2. The Kier molecular flexibility index (Phi) is 10.7. The summed E-state index contributed by atoms with van der Waals surface area (Å²) in [5.74, 6) is -0.988. The second-order valence-corrected chi connectivity index (χ2v) is 12.3. The van der Waals surface area contributed by atoms with Crippen LogP contribution in [0, 0.1) is 5.92 Å². The summed E-state index contributed by atoms with van der Waals surface area (Å²) in [6.07, 6.45) is -1.52. The number of aryl methyl sites for hydroxylation is 1. The van der Waals surface area contributed by atoms with Gasteiger partial charge in [-0.3, -0.25) is 19.1 Å². The topological polar surface area (TPSA) is 127 Å². The molecule has 2 aromatic carbocycles. The first kappa shape index (κ1) is 34.2. The van der Waals surface area contributed by atoms with Crippen molar-refractivity contribution in [3.05, 3.63) is 53.3 Å². The number of carbonyl (C=O) groups excluding carboxylic acids is 2. The lowest BCUT2D eigenvalue weighted by atomic mass is 9.95. The summed E-state index contributed by atoms with van der Waals surface area (Å²) in [5, 5.41) is 30.7. The number of piperidine rings is 1. The molecule has 0 spiro atoms. The number of likely N-dealkylation sites (tertiary alicyclic amines) is 1. The highest BCUT2D eigenvalue weighted by Gasteiger charge is 2.31. The van der Waals surface area contributed by atoms with E-state index in [2.05, 4.69) is 20.0 Å². The SMILES string of the molecule is CCC(=O)N1CCC(CN2CCN(Cc3ccc(-n4c(C(=O)NCC(F)(F)F)nnc4-c4cc(CC)c(O)cc4O)cc3)CC2)CC1. The Morgan fingerprint density at radius 3 is 2.19 bits per heavy atom. The number of hydrogen-bond acceptors (Lipinski definition) is 8. The Bertz CT molecular complexity index is 1540. The zero-order chi connectivity index (χ0) is 33.7. The number of carbonyl (C=O) groups is 2. The Labute approximate surface area is 272 Å². The van der Waals surface area contributed by atoms with Crippen molar-refractivity contribution >= 4 is 11.8 Å². The highest BCUT2D eigenvalue weighted by molar-refractivity contribution is 5.92. The van der Waals surface area contributed by atoms with Crippen LogP contribution in [0.15, 0.2) is 36.4 Å². The Morgan fingerprint density at radius 2 is 1.57 bits per heavy atom. The van der Waals surface area contributed by atoms with Gasteiger partial charge >= 0.3 is 6.18 Å². The third kappa shape index (κ3) is 8.41. The predicted octanol–water partition coefficient (Wildman–Crippen LogP) is 3.97. The molecule has 2 aliphatic rings. The number of phenols is 2. The number of aromatic nitrogens is 3. The number of alkyl halides is 3. The minimum atomic E-state index is -4.62. The van der Waals surface area contributed by atoms with Crippen LogP contribution in [-0.2, 0) is 17.8 Å². The lowest BCUT2D eigenvalue weighted by molar-refractivity contribution is -0.132. The zero-order valence-corrected chi connectivity index (χ0v) is 26.8. The maximum absolute atomic E-state index is 12.9. The van der Waals surface area contributed by atoms with Crippen molar-refractivity contribution in [2.45, 2.75) is 52.3 Å². The van der Waals surface area contributed by atoms with Crippen molar-refractivity contribution in [3.8, 4) is 28.6 Å². The molecule has 11 nitrogen and oxygen atoms in total. The van der Waals surface area contributed by atoms with Gasteiger partial charge in [-0.15, -0.1) is 10.2 Å². The molecule has 2 amide bonds. The molecule has 2 fully saturated rings. The van der Waals surface area contributed by atoms with E-state index in [1.807, 2.05) is 36.2 Å². The first-order chi connectivity index (χ1) is 22.5. The summed E-state index contributed by atoms with van der Waals surface area (Å²) in [5.41, 5.74) is 2.13. The monoisotopic (exact) mass is 657 g/mol. The van der Waals surface area contributed by atoms with Gasteiger partial charge in [0.1, 0.15) is 18.0 Å². The van der Waals surface area contributed by atoms with E-state index < -0.39 is 18.6 Å². The quantitative estimate of drug-likeness (QED) is 0.299. The summed E-state index contributed by atoms with van der Waals surface area (Å²) in [4.78, 5) is 31.7. The van der Waals surface area contributed by atoms with Crippen molar-refractivity contribution in [2.24, 2.45) is 5.92 Å². The van der Waals surface area contributed by atoms with E-state index in [0.29, 0.717) is 36.6 Å². The lowest BCUT2D eigenvalue weighted by Gasteiger charge is -2.39. The number of nitrogens with zero attached hydrogens (tertiary/aromatic N) is 6. The number of hydrogen-bond donors (Lipinski definition) is 3. The van der Waals surface area contributed by atoms with Gasteiger partial charge in [-0.25, -0.2) is 0 Å². The Morgan fingerprint density at radius 1 is 0.915 bits per heavy atom. The fourth-order valence-electron chi connectivity index (χ4n) is 6.29. The number of rotatable bonds is 10. The van der Waals surface area contributed by atoms with E-state index in [0.717, 1.165) is 70.3 Å². The molecule has 0 unspecified atom stereocenters. The van der Waals surface area contributed by atoms with Crippen LogP contribution in [0.3, 0.4) is 0 Å². The van der Waals surface area contributed by atoms with Crippen molar-refractivity contribution in [2.75, 3.05) is 52.4 Å². The van der Waals surface area contributed by atoms with E-state index in [1.165, 1.54) is 10.6 Å². The van der Waals surface area contributed by atoms with Crippen LogP contribution in [-0.4, -0.2) is 110 Å². The fraction of sp³-hybridized carbons (Fsp3) is 0.515. The number of nitrogens with one attached hydrogen (secondary N) is 1. The normalized spacial score (nSPS) is 16.8. The van der Waals surface area contributed by atoms with Gasteiger partial charge in [-0.1, -0.05) is 26.0 Å². The molecule has 3 heterocycles. The van der Waals surface area contributed by atoms with E-state index in [1.54, 1.807) is 12.1 Å². The molecule has 5 rings (SSSR count). The maximum Gasteiger partial charge on any atom is 0.405 e. The van der Waals surface area contributed by atoms with Gasteiger partial charge in [-0.05, 0) is 54.5 Å². The zero-order valence-electron chi connectivity index (χ0n) is 26.8. The predicted molar refractivity (Wildman–Crippen MR) is 169 cm³/mol. The van der Waals surface area contributed by atoms with Crippen molar-refractivity contribution in [1.29, 1.82) is 0 Å². The van der Waals surface area contributed by atoms with Gasteiger partial charge in [-0.2, -0.15) is 13.2 Å². The number of piperazine rings is 1. The third-order valence-electron chi connectivity index (χ3n) is 8.99. The van der Waals surface area contributed by atoms with Crippen LogP contribution in [0.5, 0.6) is 11.5 Å². The van der Waals surface area contributed by atoms with Crippen LogP contribution >= 0.6 is 0 Å². The summed E-state index contributed by atoms with van der Waals surface area (Å²) in [6.45, 7) is 9.38. The van der Waals surface area contributed by atoms with Crippen molar-refractivity contribution in [3.63, 3.8) is 0 Å². The molecule has 2 saturated heterocycles. The number of halogens is 3. The van der Waals surface area contributed by atoms with Crippen LogP contribution in [0.25, 0.3) is 17.1 Å². The van der Waals surface area contributed by atoms with Gasteiger partial charge in [0.15, 0.2) is 5.82 Å². The van der Waals surface area contributed by atoms with E-state index in [4.69, 9.17) is 0 Å². The molecule has 0 bridgehead atoms. The average molecular weight is 658 g/mol. The first-order valence-electron chi connectivity index (χ1n) is 16.1. The minimum absolute atomic E-state index is 0.0425. The van der Waals surface area contributed by atoms with Gasteiger partial charge in [0.2, 0.25) is 11.7 Å². The Hall–Kier alpha value is -4.17. The molecule has 0 aliphatic carbocycles. The molecule has 1 aromatic heterocycles. The van der Waals surface area contributed by atoms with Crippen LogP contribution in [0.1, 0.15) is 54.9 Å². The van der Waals surface area contributed by atoms with Crippen molar-refractivity contribution < 1.29 is 33.0 Å². The third-order valence-corrected chi connectivity index (χ3v) is 8.99. The molecule has 0 atom stereocenters. The van der Waals surface area contributed by atoms with Crippen molar-refractivity contribution in [1.82, 2.24) is 34.8 Å². The fourth-order valence-corrected chi connectivity index (χ4v) is 6.29. The maximum atomic E-state index is 12.9. The molecule has 14 heteroatoms. The highest BCUT2D eigenvalue weighted by atomic mass is 19.4. The van der Waals surface area contributed by atoms with Gasteiger partial charge < -0.3 is 25.3 Å². The lowest BCUT2D eigenvalue weighted by Crippen LogP contribution is -2.48. The molecule has 254 valence electrons. The van der Waals surface area contributed by atoms with E-state index >= 15 is 0 Å². The summed E-state index contributed by atoms with van der Waals surface area (Å²) < 4.78 is 39.9. The summed E-state index contributed by atoms with van der Waals surface area (Å²) >= 11 is 0. The largest absolute Gasteiger partial charge is 0.508 e. The summed E-state index contributed by atoms with van der Waals surface area (Å²) in [7, 11) is 0. The molecular weight excluding hydrogens is 615 g/mol. The summed E-state index contributed by atoms with van der Waals surface area (Å²) in [6, 6.07) is 9.95. The molecule has 2 aliphatic heterocycles. The van der Waals surface area contributed by atoms with Crippen LogP contribution in [0.2, 0.25) is 0 Å². The van der Waals surface area contributed by atoms with Gasteiger partial charge in [0.25, 0.3) is 5.91 Å². The molecule has 0 saturated carbocycles. The second kappa shape index (κ2) is 14.7. The van der Waals surface area contributed by atoms with Crippen LogP contribution in [0.4, 0.5) is 13.2 Å². The number of amides is 2. The first-order valence-corrected chi connectivity index (χ1v) is 16.1. The van der Waals surface area contributed by atoms with Gasteiger partial charge in [0.05, 0.1) is 5.56 Å². The molecule has 3 N–H and O–H groups in total. The number of phenolic OH excluding ortho intramolecular Hbond substituents is 2. The average Bonchev–Trinajstić information content (AvgIpc) is 3.49. The molecule has 0 radical (unpaired) electrons. The molecule has 3 aromatic rings. The standard InChI is InChI=1S/C33H42F3N7O4/c1-3-24-17-26(28(45)18-27(24)44)30-38-39-31(32(47)37-21-33(34,35)36)43(30)25-7-5-22(6-8-25)19-40-13-15-41(16-14-40)20-23-9-11-42(12-10-23)29(46)4-2/h5-8,17-18,23,44-45H,3-4,9-16,19-21H2,1-2H3,(H,37,47).